The number of benzene rings is 1. The molecule has 4 nitrogen and oxygen atoms in total. The van der Waals surface area contributed by atoms with Crippen molar-refractivity contribution in [3.63, 3.8) is 0 Å². The van der Waals surface area contributed by atoms with Gasteiger partial charge in [-0.2, -0.15) is 0 Å². The fourth-order valence-corrected chi connectivity index (χ4v) is 2.04. The molecule has 0 aliphatic rings. The molecule has 2 aromatic rings. The lowest BCUT2D eigenvalue weighted by Crippen LogP contribution is -2.27. The molecule has 7 heteroatoms. The summed E-state index contributed by atoms with van der Waals surface area (Å²) in [6, 6.07) is 4.98. The summed E-state index contributed by atoms with van der Waals surface area (Å²) in [6.45, 7) is 0.183. The smallest absolute Gasteiger partial charge is 0.256 e. The molecule has 1 aromatic heterocycles. The number of nitrogen functional groups attached to an aromatic ring is 1. The third-order valence-corrected chi connectivity index (χ3v) is 3.12. The number of furan rings is 1. The van der Waals surface area contributed by atoms with E-state index in [0.717, 1.165) is 12.1 Å². The van der Waals surface area contributed by atoms with Gasteiger partial charge < -0.3 is 15.1 Å². The second kappa shape index (κ2) is 5.62. The lowest BCUT2D eigenvalue weighted by molar-refractivity contribution is 0.0775. The van der Waals surface area contributed by atoms with Gasteiger partial charge in [0.05, 0.1) is 12.1 Å². The van der Waals surface area contributed by atoms with Crippen LogP contribution < -0.4 is 5.73 Å². The summed E-state index contributed by atoms with van der Waals surface area (Å²) in [5.74, 6) is -2.17. The second-order valence-electron chi connectivity index (χ2n) is 4.22. The van der Waals surface area contributed by atoms with Crippen LogP contribution in [0.15, 0.2) is 33.4 Å². The predicted octanol–water partition coefficient (Wildman–Crippen LogP) is 3.17. The maximum absolute atomic E-state index is 13.2. The summed E-state index contributed by atoms with van der Waals surface area (Å²) < 4.78 is 32.0. The molecular weight excluding hydrogens is 334 g/mol. The molecule has 0 aliphatic carbocycles. The van der Waals surface area contributed by atoms with Crippen molar-refractivity contribution >= 4 is 27.5 Å². The van der Waals surface area contributed by atoms with Gasteiger partial charge in [-0.3, -0.25) is 4.79 Å². The lowest BCUT2D eigenvalue weighted by atomic mass is 10.1. The minimum absolute atomic E-state index is 0.0861. The van der Waals surface area contributed by atoms with Gasteiger partial charge in [0.15, 0.2) is 16.3 Å². The van der Waals surface area contributed by atoms with E-state index in [9.17, 15) is 13.6 Å². The zero-order chi connectivity index (χ0) is 14.9. The molecule has 0 fully saturated rings. The third kappa shape index (κ3) is 2.98. The maximum atomic E-state index is 13.2. The van der Waals surface area contributed by atoms with Crippen LogP contribution in [0.5, 0.6) is 0 Å². The standard InChI is InChI=1S/C13H11BrF2N2O2/c1-18(6-7-2-3-12(14)20-7)13(19)8-4-9(15)10(16)5-11(8)17/h2-5H,6,17H2,1H3. The fraction of sp³-hybridized carbons (Fsp3) is 0.154. The van der Waals surface area contributed by atoms with Crippen molar-refractivity contribution in [1.29, 1.82) is 0 Å². The number of anilines is 1. The normalized spacial score (nSPS) is 10.6. The van der Waals surface area contributed by atoms with Gasteiger partial charge in [0.2, 0.25) is 0 Å². The van der Waals surface area contributed by atoms with E-state index in [1.54, 1.807) is 12.1 Å². The zero-order valence-electron chi connectivity index (χ0n) is 10.5. The molecule has 20 heavy (non-hydrogen) atoms. The van der Waals surface area contributed by atoms with Gasteiger partial charge in [-0.25, -0.2) is 8.78 Å². The molecule has 1 heterocycles. The zero-order valence-corrected chi connectivity index (χ0v) is 12.1. The van der Waals surface area contributed by atoms with Gasteiger partial charge in [0.25, 0.3) is 5.91 Å². The number of hydrogen-bond acceptors (Lipinski definition) is 3. The Morgan fingerprint density at radius 1 is 1.35 bits per heavy atom. The summed E-state index contributed by atoms with van der Waals surface area (Å²) in [5.41, 5.74) is 5.35. The molecule has 0 atom stereocenters. The van der Waals surface area contributed by atoms with E-state index >= 15 is 0 Å². The van der Waals surface area contributed by atoms with Gasteiger partial charge in [-0.05, 0) is 34.1 Å². The number of nitrogens with two attached hydrogens (primary N) is 1. The first-order valence-electron chi connectivity index (χ1n) is 5.62. The van der Waals surface area contributed by atoms with Crippen LogP contribution in [-0.4, -0.2) is 17.9 Å². The average molecular weight is 345 g/mol. The first-order valence-corrected chi connectivity index (χ1v) is 6.42. The Bertz CT molecular complexity index is 658. The molecule has 1 amide bonds. The lowest BCUT2D eigenvalue weighted by Gasteiger charge is -2.17. The van der Waals surface area contributed by atoms with E-state index < -0.39 is 17.5 Å². The Morgan fingerprint density at radius 2 is 2.00 bits per heavy atom. The van der Waals surface area contributed by atoms with Gasteiger partial charge in [-0.1, -0.05) is 0 Å². The first-order chi connectivity index (χ1) is 9.38. The molecule has 0 aliphatic heterocycles. The second-order valence-corrected chi connectivity index (χ2v) is 5.00. The van der Waals surface area contributed by atoms with E-state index in [0.29, 0.717) is 10.4 Å². The Morgan fingerprint density at radius 3 is 2.60 bits per heavy atom. The molecule has 0 saturated heterocycles. The molecule has 0 saturated carbocycles. The van der Waals surface area contributed by atoms with E-state index in [4.69, 9.17) is 10.2 Å². The quantitative estimate of drug-likeness (QED) is 0.870. The highest BCUT2D eigenvalue weighted by atomic mass is 79.9. The minimum atomic E-state index is -1.11. The van der Waals surface area contributed by atoms with Crippen molar-refractivity contribution in [1.82, 2.24) is 4.90 Å². The van der Waals surface area contributed by atoms with Crippen molar-refractivity contribution in [3.05, 3.63) is 51.9 Å². The van der Waals surface area contributed by atoms with Crippen LogP contribution in [-0.2, 0) is 6.54 Å². The Balaban J connectivity index is 2.20. The number of carbonyl (C=O) groups is 1. The van der Waals surface area contributed by atoms with E-state index in [2.05, 4.69) is 15.9 Å². The summed E-state index contributed by atoms with van der Waals surface area (Å²) in [4.78, 5) is 13.4. The molecule has 2 rings (SSSR count). The van der Waals surface area contributed by atoms with Gasteiger partial charge >= 0.3 is 0 Å². The van der Waals surface area contributed by atoms with E-state index in [1.165, 1.54) is 11.9 Å². The summed E-state index contributed by atoms with van der Waals surface area (Å²) in [5, 5.41) is 0. The van der Waals surface area contributed by atoms with Crippen molar-refractivity contribution in [2.75, 3.05) is 12.8 Å². The average Bonchev–Trinajstić information content (AvgIpc) is 2.78. The summed E-state index contributed by atoms with van der Waals surface area (Å²) in [6.07, 6.45) is 0. The third-order valence-electron chi connectivity index (χ3n) is 2.69. The number of halogens is 3. The number of amides is 1. The number of nitrogens with zero attached hydrogens (tertiary/aromatic N) is 1. The van der Waals surface area contributed by atoms with E-state index in [1.807, 2.05) is 0 Å². The van der Waals surface area contributed by atoms with Gasteiger partial charge in [0, 0.05) is 18.8 Å². The Labute approximate surface area is 122 Å². The van der Waals surface area contributed by atoms with Gasteiger partial charge in [0.1, 0.15) is 5.76 Å². The highest BCUT2D eigenvalue weighted by Crippen LogP contribution is 2.20. The minimum Gasteiger partial charge on any atom is -0.452 e. The molecule has 106 valence electrons. The van der Waals surface area contributed by atoms with Crippen LogP contribution in [0.4, 0.5) is 14.5 Å². The van der Waals surface area contributed by atoms with Crippen LogP contribution in [0.25, 0.3) is 0 Å². The number of hydrogen-bond donors (Lipinski definition) is 1. The summed E-state index contributed by atoms with van der Waals surface area (Å²) in [7, 11) is 1.51. The fourth-order valence-electron chi connectivity index (χ4n) is 1.70. The number of carbonyl (C=O) groups excluding carboxylic acids is 1. The SMILES string of the molecule is CN(Cc1ccc(Br)o1)C(=O)c1cc(F)c(F)cc1N. The maximum Gasteiger partial charge on any atom is 0.256 e. The van der Waals surface area contributed by atoms with Crippen LogP contribution in [0.1, 0.15) is 16.1 Å². The number of rotatable bonds is 3. The molecule has 1 aromatic carbocycles. The molecule has 0 spiro atoms. The van der Waals surface area contributed by atoms with Crippen LogP contribution in [0.2, 0.25) is 0 Å². The highest BCUT2D eigenvalue weighted by Gasteiger charge is 2.19. The molecule has 0 bridgehead atoms. The molecule has 2 N–H and O–H groups in total. The predicted molar refractivity (Wildman–Crippen MR) is 73.0 cm³/mol. The van der Waals surface area contributed by atoms with Crippen molar-refractivity contribution < 1.29 is 18.0 Å². The van der Waals surface area contributed by atoms with Crippen LogP contribution in [0, 0.1) is 11.6 Å². The van der Waals surface area contributed by atoms with Crippen LogP contribution >= 0.6 is 15.9 Å². The molecule has 0 unspecified atom stereocenters. The van der Waals surface area contributed by atoms with Gasteiger partial charge in [-0.15, -0.1) is 0 Å². The molecule has 0 radical (unpaired) electrons. The Kier molecular flexibility index (Phi) is 4.08. The molecular formula is C13H11BrF2N2O2. The highest BCUT2D eigenvalue weighted by molar-refractivity contribution is 9.10. The van der Waals surface area contributed by atoms with Crippen LogP contribution in [0.3, 0.4) is 0 Å². The topological polar surface area (TPSA) is 59.5 Å². The Hall–Kier alpha value is -1.89. The first kappa shape index (κ1) is 14.5. The van der Waals surface area contributed by atoms with Crippen molar-refractivity contribution in [2.24, 2.45) is 0 Å². The summed E-state index contributed by atoms with van der Waals surface area (Å²) >= 11 is 3.15. The largest absolute Gasteiger partial charge is 0.452 e. The van der Waals surface area contributed by atoms with Crippen molar-refractivity contribution in [3.8, 4) is 0 Å². The van der Waals surface area contributed by atoms with Crippen molar-refractivity contribution in [2.45, 2.75) is 6.54 Å². The van der Waals surface area contributed by atoms with E-state index in [-0.39, 0.29) is 17.8 Å². The monoisotopic (exact) mass is 344 g/mol.